The van der Waals surface area contributed by atoms with E-state index >= 15 is 0 Å². The van der Waals surface area contributed by atoms with Crippen molar-refractivity contribution < 1.29 is 19.1 Å². The zero-order valence-corrected chi connectivity index (χ0v) is 16.2. The first kappa shape index (κ1) is 19.9. The van der Waals surface area contributed by atoms with Crippen LogP contribution in [0, 0.1) is 13.8 Å². The predicted molar refractivity (Wildman–Crippen MR) is 101 cm³/mol. The third-order valence-electron chi connectivity index (χ3n) is 3.64. The van der Waals surface area contributed by atoms with Crippen molar-refractivity contribution in [2.75, 3.05) is 7.11 Å². The number of Topliss-reactive ketones (excluding diaryl/α,β-unsaturated/α-hetero) is 1. The number of hydrogen-bond acceptors (Lipinski definition) is 5. The smallest absolute Gasteiger partial charge is 0.273 e. The Morgan fingerprint density at radius 1 is 1.08 bits per heavy atom. The van der Waals surface area contributed by atoms with Crippen LogP contribution in [0.2, 0.25) is 5.02 Å². The van der Waals surface area contributed by atoms with Gasteiger partial charge in [0.15, 0.2) is 5.78 Å². The monoisotopic (exact) mass is 394 g/mol. The number of amides is 2. The van der Waals surface area contributed by atoms with E-state index in [9.17, 15) is 14.4 Å². The second-order valence-electron chi connectivity index (χ2n) is 5.60. The fraction of sp³-hybridized carbons (Fsp3) is 0.278. The average molecular weight is 395 g/mol. The molecule has 138 valence electrons. The molecule has 0 aliphatic carbocycles. The van der Waals surface area contributed by atoms with Gasteiger partial charge in [0, 0.05) is 33.2 Å². The quantitative estimate of drug-likeness (QED) is 0.580. The van der Waals surface area contributed by atoms with Gasteiger partial charge in [0.2, 0.25) is 5.91 Å². The Labute approximate surface area is 160 Å². The highest BCUT2D eigenvalue weighted by molar-refractivity contribution is 7.12. The molecule has 0 spiro atoms. The first-order valence-corrected chi connectivity index (χ1v) is 9.04. The molecule has 0 aliphatic rings. The lowest BCUT2D eigenvalue weighted by molar-refractivity contribution is -0.121. The number of thiophene rings is 1. The van der Waals surface area contributed by atoms with Crippen molar-refractivity contribution in [3.05, 3.63) is 50.2 Å². The number of rotatable bonds is 6. The van der Waals surface area contributed by atoms with Crippen LogP contribution in [0.4, 0.5) is 0 Å². The summed E-state index contributed by atoms with van der Waals surface area (Å²) in [6.07, 6.45) is 0.0410. The van der Waals surface area contributed by atoms with Crippen molar-refractivity contribution in [3.63, 3.8) is 0 Å². The van der Waals surface area contributed by atoms with Gasteiger partial charge in [0.05, 0.1) is 12.7 Å². The Balaban J connectivity index is 1.87. The number of aryl methyl sites for hydroxylation is 2. The van der Waals surface area contributed by atoms with Crippen LogP contribution in [-0.4, -0.2) is 24.7 Å². The topological polar surface area (TPSA) is 84.5 Å². The summed E-state index contributed by atoms with van der Waals surface area (Å²) < 4.78 is 5.09. The average Bonchev–Trinajstić information content (AvgIpc) is 2.95. The van der Waals surface area contributed by atoms with Crippen LogP contribution in [0.3, 0.4) is 0 Å². The molecule has 6 nitrogen and oxygen atoms in total. The first-order chi connectivity index (χ1) is 12.3. The number of hydrogen-bond donors (Lipinski definition) is 2. The van der Waals surface area contributed by atoms with E-state index in [0.717, 1.165) is 9.75 Å². The highest BCUT2D eigenvalue weighted by Gasteiger charge is 2.16. The van der Waals surface area contributed by atoms with E-state index < -0.39 is 11.8 Å². The Bertz CT molecular complexity index is 848. The van der Waals surface area contributed by atoms with Crippen LogP contribution < -0.4 is 15.6 Å². The third-order valence-corrected chi connectivity index (χ3v) is 4.84. The second-order valence-corrected chi connectivity index (χ2v) is 7.49. The predicted octanol–water partition coefficient (Wildman–Crippen LogP) is 3.45. The van der Waals surface area contributed by atoms with Gasteiger partial charge < -0.3 is 4.74 Å². The molecule has 1 aromatic carbocycles. The van der Waals surface area contributed by atoms with Crippen LogP contribution in [-0.2, 0) is 4.79 Å². The van der Waals surface area contributed by atoms with Gasteiger partial charge in [0.1, 0.15) is 5.75 Å². The molecule has 2 N–H and O–H groups in total. The summed E-state index contributed by atoms with van der Waals surface area (Å²) in [5.41, 5.74) is 5.43. The minimum Gasteiger partial charge on any atom is -0.496 e. The summed E-state index contributed by atoms with van der Waals surface area (Å²) in [7, 11) is 1.43. The minimum absolute atomic E-state index is 0.0277. The van der Waals surface area contributed by atoms with Crippen molar-refractivity contribution in [2.45, 2.75) is 26.7 Å². The summed E-state index contributed by atoms with van der Waals surface area (Å²) in [4.78, 5) is 38.2. The number of carbonyl (C=O) groups is 3. The SMILES string of the molecule is COc1ccc(Cl)cc1C(=O)NNC(=O)CCC(=O)c1cc(C)sc1C. The molecular formula is C18H19ClN2O4S. The van der Waals surface area contributed by atoms with E-state index in [2.05, 4.69) is 10.9 Å². The van der Waals surface area contributed by atoms with E-state index in [4.69, 9.17) is 16.3 Å². The van der Waals surface area contributed by atoms with Crippen molar-refractivity contribution in [1.29, 1.82) is 0 Å². The van der Waals surface area contributed by atoms with Gasteiger partial charge in [-0.05, 0) is 38.1 Å². The lowest BCUT2D eigenvalue weighted by Gasteiger charge is -2.10. The Kier molecular flexibility index (Phi) is 6.76. The van der Waals surface area contributed by atoms with Gasteiger partial charge in [-0.3, -0.25) is 25.2 Å². The van der Waals surface area contributed by atoms with Crippen LogP contribution in [0.15, 0.2) is 24.3 Å². The third kappa shape index (κ3) is 5.06. The molecule has 1 aromatic heterocycles. The molecule has 0 bridgehead atoms. The van der Waals surface area contributed by atoms with Crippen LogP contribution in [0.5, 0.6) is 5.75 Å². The molecule has 2 amide bonds. The standard InChI is InChI=1S/C18H19ClN2O4S/c1-10-8-13(11(2)26-10)15(22)5-7-17(23)20-21-18(24)14-9-12(19)4-6-16(14)25-3/h4,6,8-9H,5,7H2,1-3H3,(H,20,23)(H,21,24). The van der Waals surface area contributed by atoms with Gasteiger partial charge in [-0.25, -0.2) is 0 Å². The number of carbonyl (C=O) groups excluding carboxylic acids is 3. The number of methoxy groups -OCH3 is 1. The minimum atomic E-state index is -0.562. The highest BCUT2D eigenvalue weighted by atomic mass is 35.5. The molecular weight excluding hydrogens is 376 g/mol. The maximum absolute atomic E-state index is 12.2. The number of halogens is 1. The van der Waals surface area contributed by atoms with Gasteiger partial charge in [-0.2, -0.15) is 0 Å². The number of benzene rings is 1. The number of hydrazine groups is 1. The summed E-state index contributed by atoms with van der Waals surface area (Å²) in [5.74, 6) is -0.782. The van der Waals surface area contributed by atoms with Gasteiger partial charge in [0.25, 0.3) is 5.91 Å². The Morgan fingerprint density at radius 3 is 2.42 bits per heavy atom. The van der Waals surface area contributed by atoms with E-state index in [1.807, 2.05) is 19.9 Å². The summed E-state index contributed by atoms with van der Waals surface area (Å²) >= 11 is 7.43. The maximum atomic E-state index is 12.2. The fourth-order valence-electron chi connectivity index (χ4n) is 2.38. The molecule has 0 fully saturated rings. The van der Waals surface area contributed by atoms with Crippen LogP contribution >= 0.6 is 22.9 Å². The molecule has 2 rings (SSSR count). The highest BCUT2D eigenvalue weighted by Crippen LogP contribution is 2.23. The summed E-state index contributed by atoms with van der Waals surface area (Å²) in [6.45, 7) is 3.81. The molecule has 0 aliphatic heterocycles. The molecule has 8 heteroatoms. The molecule has 0 saturated carbocycles. The van der Waals surface area contributed by atoms with Crippen molar-refractivity contribution in [1.82, 2.24) is 10.9 Å². The van der Waals surface area contributed by atoms with E-state index in [1.165, 1.54) is 13.2 Å². The van der Waals surface area contributed by atoms with Gasteiger partial charge in [-0.1, -0.05) is 11.6 Å². The molecule has 2 aromatic rings. The largest absolute Gasteiger partial charge is 0.496 e. The summed E-state index contributed by atoms with van der Waals surface area (Å²) in [6, 6.07) is 6.42. The summed E-state index contributed by atoms with van der Waals surface area (Å²) in [5, 5.41) is 0.370. The van der Waals surface area contributed by atoms with Gasteiger partial charge in [-0.15, -0.1) is 11.3 Å². The van der Waals surface area contributed by atoms with Crippen LogP contribution in [0.1, 0.15) is 43.3 Å². The number of ether oxygens (including phenoxy) is 1. The van der Waals surface area contributed by atoms with Crippen LogP contribution in [0.25, 0.3) is 0 Å². The second kappa shape index (κ2) is 8.82. The van der Waals surface area contributed by atoms with E-state index in [1.54, 1.807) is 23.5 Å². The molecule has 0 unspecified atom stereocenters. The lowest BCUT2D eigenvalue weighted by atomic mass is 10.1. The number of nitrogens with one attached hydrogen (secondary N) is 2. The van der Waals surface area contributed by atoms with Gasteiger partial charge >= 0.3 is 0 Å². The van der Waals surface area contributed by atoms with E-state index in [0.29, 0.717) is 16.3 Å². The zero-order valence-electron chi connectivity index (χ0n) is 14.6. The first-order valence-electron chi connectivity index (χ1n) is 7.84. The maximum Gasteiger partial charge on any atom is 0.273 e. The Hall–Kier alpha value is -2.38. The molecule has 0 radical (unpaired) electrons. The fourth-order valence-corrected chi connectivity index (χ4v) is 3.50. The van der Waals surface area contributed by atoms with Crippen molar-refractivity contribution in [3.8, 4) is 5.75 Å². The van der Waals surface area contributed by atoms with Crippen molar-refractivity contribution >= 4 is 40.5 Å². The van der Waals surface area contributed by atoms with E-state index in [-0.39, 0.29) is 24.2 Å². The molecule has 1 heterocycles. The normalized spacial score (nSPS) is 10.3. The lowest BCUT2D eigenvalue weighted by Crippen LogP contribution is -2.41. The zero-order chi connectivity index (χ0) is 19.3. The molecule has 0 saturated heterocycles. The molecule has 0 atom stereocenters. The number of ketones is 1. The Morgan fingerprint density at radius 2 is 1.81 bits per heavy atom. The van der Waals surface area contributed by atoms with Crippen molar-refractivity contribution in [2.24, 2.45) is 0 Å². The molecule has 26 heavy (non-hydrogen) atoms.